The first-order valence-corrected chi connectivity index (χ1v) is 9.88. The molecule has 1 aliphatic heterocycles. The van der Waals surface area contributed by atoms with Crippen molar-refractivity contribution in [2.75, 3.05) is 10.4 Å². The van der Waals surface area contributed by atoms with E-state index in [2.05, 4.69) is 40.2 Å². The molecule has 128 valence electrons. The quantitative estimate of drug-likeness (QED) is 0.482. The van der Waals surface area contributed by atoms with E-state index in [0.29, 0.717) is 0 Å². The maximum absolute atomic E-state index is 9.48. The molecule has 26 heavy (non-hydrogen) atoms. The van der Waals surface area contributed by atoms with Crippen LogP contribution in [0, 0.1) is 14.2 Å². The zero-order chi connectivity index (χ0) is 17.9. The highest BCUT2D eigenvalue weighted by Crippen LogP contribution is 2.38. The Kier molecular flexibility index (Phi) is 4.82. The van der Waals surface area contributed by atoms with Gasteiger partial charge < -0.3 is 4.74 Å². The third-order valence-corrected chi connectivity index (χ3v) is 5.79. The molecule has 0 saturated heterocycles. The molecule has 2 aromatic carbocycles. The van der Waals surface area contributed by atoms with Gasteiger partial charge in [-0.15, -0.1) is 11.3 Å². The van der Waals surface area contributed by atoms with E-state index >= 15 is 0 Å². The Morgan fingerprint density at radius 2 is 1.81 bits per heavy atom. The zero-order valence-corrected chi connectivity index (χ0v) is 16.6. The van der Waals surface area contributed by atoms with Crippen LogP contribution in [0.15, 0.2) is 66.7 Å². The summed E-state index contributed by atoms with van der Waals surface area (Å²) in [5, 5.41) is 12.4. The van der Waals surface area contributed by atoms with Crippen LogP contribution in [0.4, 0.5) is 10.7 Å². The van der Waals surface area contributed by atoms with Crippen molar-refractivity contribution in [1.82, 2.24) is 0 Å². The van der Waals surface area contributed by atoms with E-state index in [1.54, 1.807) is 11.3 Å². The van der Waals surface area contributed by atoms with Gasteiger partial charge in [0.2, 0.25) is 0 Å². The van der Waals surface area contributed by atoms with E-state index in [0.717, 1.165) is 27.8 Å². The summed E-state index contributed by atoms with van der Waals surface area (Å²) in [5.41, 5.74) is 5.38. The number of nitrogens with one attached hydrogen (secondary N) is 1. The van der Waals surface area contributed by atoms with E-state index in [9.17, 15) is 5.26 Å². The Labute approximate surface area is 169 Å². The summed E-state index contributed by atoms with van der Waals surface area (Å²) in [7, 11) is 0. The van der Waals surface area contributed by atoms with Crippen LogP contribution in [-0.2, 0) is 0 Å². The minimum absolute atomic E-state index is 0.350. The lowest BCUT2D eigenvalue weighted by Crippen LogP contribution is -2.39. The molecule has 1 aliphatic rings. The molecular formula is C20H14IN3OS. The van der Waals surface area contributed by atoms with Crippen LogP contribution in [-0.4, -0.2) is 6.04 Å². The van der Waals surface area contributed by atoms with Crippen LogP contribution in [0.2, 0.25) is 0 Å². The third kappa shape index (κ3) is 3.54. The summed E-state index contributed by atoms with van der Waals surface area (Å²) < 4.78 is 7.01. The number of nitriles is 1. The fraction of sp³-hybridized carbons (Fsp3) is 0.0500. The summed E-state index contributed by atoms with van der Waals surface area (Å²) in [6.45, 7) is 0. The molecule has 0 spiro atoms. The molecule has 0 saturated carbocycles. The zero-order valence-electron chi connectivity index (χ0n) is 13.6. The molecule has 0 fully saturated rings. The van der Waals surface area contributed by atoms with Crippen LogP contribution < -0.4 is 15.2 Å². The number of hydrogen-bond acceptors (Lipinski definition) is 5. The van der Waals surface area contributed by atoms with Crippen LogP contribution in [0.3, 0.4) is 0 Å². The summed E-state index contributed by atoms with van der Waals surface area (Å²) in [6.07, 6.45) is 3.92. The Bertz CT molecular complexity index is 977. The Morgan fingerprint density at radius 3 is 2.54 bits per heavy atom. The van der Waals surface area contributed by atoms with Crippen molar-refractivity contribution >= 4 is 50.7 Å². The lowest BCUT2D eigenvalue weighted by Gasteiger charge is -2.30. The van der Waals surface area contributed by atoms with Crippen LogP contribution >= 0.6 is 33.9 Å². The van der Waals surface area contributed by atoms with Crippen molar-refractivity contribution < 1.29 is 4.74 Å². The fourth-order valence-corrected chi connectivity index (χ4v) is 4.50. The summed E-state index contributed by atoms with van der Waals surface area (Å²) in [4.78, 5) is 0. The maximum Gasteiger partial charge on any atom is 0.156 e. The lowest BCUT2D eigenvalue weighted by molar-refractivity contribution is 0.483. The van der Waals surface area contributed by atoms with Gasteiger partial charge in [0.1, 0.15) is 16.5 Å². The molecule has 1 N–H and O–H groups in total. The van der Waals surface area contributed by atoms with Gasteiger partial charge in [-0.2, -0.15) is 5.26 Å². The van der Waals surface area contributed by atoms with E-state index < -0.39 is 0 Å². The number of fused-ring (bicyclic) bond motifs is 1. The molecule has 4 nitrogen and oxygen atoms in total. The van der Waals surface area contributed by atoms with Crippen molar-refractivity contribution in [3.63, 3.8) is 0 Å². The van der Waals surface area contributed by atoms with Crippen molar-refractivity contribution in [3.8, 4) is 17.6 Å². The Morgan fingerprint density at radius 1 is 1.08 bits per heavy atom. The highest BCUT2D eigenvalue weighted by atomic mass is 127. The molecule has 1 atom stereocenters. The van der Waals surface area contributed by atoms with Crippen molar-refractivity contribution in [3.05, 3.63) is 75.2 Å². The predicted molar refractivity (Wildman–Crippen MR) is 115 cm³/mol. The van der Waals surface area contributed by atoms with E-state index in [1.807, 2.05) is 71.8 Å². The molecule has 4 rings (SSSR count). The van der Waals surface area contributed by atoms with Gasteiger partial charge in [0.25, 0.3) is 0 Å². The average molecular weight is 471 g/mol. The number of benzene rings is 2. The normalized spacial score (nSPS) is 15.2. The first-order valence-electron chi connectivity index (χ1n) is 7.99. The monoisotopic (exact) mass is 471 g/mol. The van der Waals surface area contributed by atoms with Gasteiger partial charge in [-0.05, 0) is 71.1 Å². The number of para-hydroxylation sites is 1. The van der Waals surface area contributed by atoms with E-state index in [4.69, 9.17) is 4.74 Å². The molecule has 0 radical (unpaired) electrons. The summed E-state index contributed by atoms with van der Waals surface area (Å²) >= 11 is 3.97. The number of nitrogens with zero attached hydrogens (tertiary/aromatic N) is 2. The van der Waals surface area contributed by atoms with Gasteiger partial charge in [0.05, 0.1) is 14.6 Å². The maximum atomic E-state index is 9.48. The Balaban J connectivity index is 1.53. The highest BCUT2D eigenvalue weighted by molar-refractivity contribution is 14.1. The van der Waals surface area contributed by atoms with E-state index in [1.165, 1.54) is 2.88 Å². The minimum atomic E-state index is -0.350. The first-order chi connectivity index (χ1) is 12.7. The lowest BCUT2D eigenvalue weighted by atomic mass is 10.1. The average Bonchev–Trinajstić information content (AvgIpc) is 3.05. The van der Waals surface area contributed by atoms with Crippen molar-refractivity contribution in [2.24, 2.45) is 0 Å². The molecule has 6 heteroatoms. The van der Waals surface area contributed by atoms with Crippen LogP contribution in [0.5, 0.6) is 11.5 Å². The van der Waals surface area contributed by atoms with Crippen LogP contribution in [0.1, 0.15) is 5.56 Å². The molecular weight excluding hydrogens is 457 g/mol. The number of ether oxygens (including phenoxy) is 1. The number of hydrogen-bond donors (Lipinski definition) is 1. The highest BCUT2D eigenvalue weighted by Gasteiger charge is 2.24. The molecule has 0 aliphatic carbocycles. The second-order valence-corrected chi connectivity index (χ2v) is 8.59. The molecule has 1 unspecified atom stereocenters. The fourth-order valence-electron chi connectivity index (χ4n) is 2.66. The number of hydrazine groups is 1. The molecule has 1 aromatic heterocycles. The molecule has 0 bridgehead atoms. The Hall–Kier alpha value is -2.50. The standard InChI is InChI=1S/C20H14IN3OS/c21-19-12-14-6-9-16(13-22)24(20(14)26-19)23-15-7-10-18(11-8-15)25-17-4-2-1-3-5-17/h1-12,16,23H. The number of rotatable bonds is 4. The smallest absolute Gasteiger partial charge is 0.156 e. The molecule has 3 aromatic rings. The van der Waals surface area contributed by atoms with Gasteiger partial charge >= 0.3 is 0 Å². The first kappa shape index (κ1) is 16.9. The van der Waals surface area contributed by atoms with Gasteiger partial charge in [-0.3, -0.25) is 10.4 Å². The van der Waals surface area contributed by atoms with Gasteiger partial charge in [0, 0.05) is 5.56 Å². The van der Waals surface area contributed by atoms with Crippen LogP contribution in [0.25, 0.3) is 6.08 Å². The third-order valence-electron chi connectivity index (χ3n) is 3.88. The van der Waals surface area contributed by atoms with Gasteiger partial charge in [-0.25, -0.2) is 0 Å². The number of thiophene rings is 1. The molecule has 0 amide bonds. The van der Waals surface area contributed by atoms with Gasteiger partial charge in [-0.1, -0.05) is 24.3 Å². The SMILES string of the molecule is N#CC1C=Cc2cc(I)sc2N1Nc1ccc(Oc2ccccc2)cc1. The number of anilines is 2. The second kappa shape index (κ2) is 7.40. The second-order valence-electron chi connectivity index (χ2n) is 5.67. The van der Waals surface area contributed by atoms with E-state index in [-0.39, 0.29) is 6.04 Å². The summed E-state index contributed by atoms with van der Waals surface area (Å²) in [6, 6.07) is 21.5. The predicted octanol–water partition coefficient (Wildman–Crippen LogP) is 5.90. The van der Waals surface area contributed by atoms with Crippen molar-refractivity contribution in [2.45, 2.75) is 6.04 Å². The van der Waals surface area contributed by atoms with Crippen molar-refractivity contribution in [1.29, 1.82) is 5.26 Å². The minimum Gasteiger partial charge on any atom is -0.457 e. The largest absolute Gasteiger partial charge is 0.457 e. The number of halogens is 1. The van der Waals surface area contributed by atoms with Gasteiger partial charge in [0.15, 0.2) is 6.04 Å². The topological polar surface area (TPSA) is 48.3 Å². The summed E-state index contributed by atoms with van der Waals surface area (Å²) in [5.74, 6) is 1.57. The molecule has 2 heterocycles.